The standard InChI is InChI=1S/C27H42N2O6/c1-5-7-8-12-18-34-26(33)21-20-13-14-27(35-20)22(21)24(31)29(16-10-9-11-17-30)23(27)25(32)28(15-6-2)19(3)4/h5-6,19-23,30H,1-2,7-18H2,3-4H3/t20-,21+,22+,23?,27?/m1/s1. The highest BCUT2D eigenvalue weighted by Crippen LogP contribution is 2.58. The summed E-state index contributed by atoms with van der Waals surface area (Å²) in [6.45, 7) is 12.5. The molecule has 0 radical (unpaired) electrons. The summed E-state index contributed by atoms with van der Waals surface area (Å²) in [6.07, 6.45) is 8.88. The highest BCUT2D eigenvalue weighted by molar-refractivity contribution is 5.98. The monoisotopic (exact) mass is 490 g/mol. The fourth-order valence-corrected chi connectivity index (χ4v) is 6.02. The number of allylic oxidation sites excluding steroid dienone is 1. The minimum absolute atomic E-state index is 0.0720. The molecule has 5 atom stereocenters. The molecule has 196 valence electrons. The predicted octanol–water partition coefficient (Wildman–Crippen LogP) is 2.85. The molecule has 3 fully saturated rings. The number of nitrogens with zero attached hydrogens (tertiary/aromatic N) is 2. The van der Waals surface area contributed by atoms with Crippen molar-refractivity contribution in [2.45, 2.75) is 89.0 Å². The molecule has 2 bridgehead atoms. The van der Waals surface area contributed by atoms with Crippen molar-refractivity contribution in [2.24, 2.45) is 11.8 Å². The number of ether oxygens (including phenoxy) is 2. The second kappa shape index (κ2) is 12.2. The Labute approximate surface area is 209 Å². The van der Waals surface area contributed by atoms with E-state index in [1.807, 2.05) is 19.9 Å². The molecule has 1 spiro atoms. The van der Waals surface area contributed by atoms with Gasteiger partial charge >= 0.3 is 5.97 Å². The molecule has 3 saturated heterocycles. The first-order valence-corrected chi connectivity index (χ1v) is 13.1. The van der Waals surface area contributed by atoms with Crippen LogP contribution in [0.3, 0.4) is 0 Å². The third-order valence-electron chi connectivity index (χ3n) is 7.64. The Morgan fingerprint density at radius 3 is 2.66 bits per heavy atom. The van der Waals surface area contributed by atoms with Crippen LogP contribution in [0.25, 0.3) is 0 Å². The van der Waals surface area contributed by atoms with E-state index in [9.17, 15) is 14.4 Å². The first kappa shape index (κ1) is 27.4. The lowest BCUT2D eigenvalue weighted by Crippen LogP contribution is -2.57. The molecule has 0 saturated carbocycles. The van der Waals surface area contributed by atoms with E-state index in [0.29, 0.717) is 45.4 Å². The van der Waals surface area contributed by atoms with E-state index in [4.69, 9.17) is 14.6 Å². The molecule has 2 unspecified atom stereocenters. The molecular formula is C27H42N2O6. The van der Waals surface area contributed by atoms with Crippen LogP contribution in [0.15, 0.2) is 25.3 Å². The second-order valence-corrected chi connectivity index (χ2v) is 10.2. The number of aliphatic hydroxyl groups excluding tert-OH is 1. The zero-order chi connectivity index (χ0) is 25.6. The molecule has 1 N–H and O–H groups in total. The summed E-state index contributed by atoms with van der Waals surface area (Å²) < 4.78 is 12.0. The van der Waals surface area contributed by atoms with Crippen LogP contribution in [0.2, 0.25) is 0 Å². The van der Waals surface area contributed by atoms with Gasteiger partial charge in [-0.1, -0.05) is 12.2 Å². The van der Waals surface area contributed by atoms with Crippen molar-refractivity contribution in [1.82, 2.24) is 9.80 Å². The normalized spacial score (nSPS) is 28.9. The van der Waals surface area contributed by atoms with E-state index >= 15 is 0 Å². The minimum Gasteiger partial charge on any atom is -0.465 e. The lowest BCUT2D eigenvalue weighted by molar-refractivity contribution is -0.155. The average Bonchev–Trinajstić information content (AvgIpc) is 3.47. The molecule has 35 heavy (non-hydrogen) atoms. The van der Waals surface area contributed by atoms with E-state index in [1.165, 1.54) is 0 Å². The molecule has 0 aromatic heterocycles. The summed E-state index contributed by atoms with van der Waals surface area (Å²) in [5, 5.41) is 9.15. The van der Waals surface area contributed by atoms with E-state index in [2.05, 4.69) is 13.2 Å². The fourth-order valence-electron chi connectivity index (χ4n) is 6.02. The Bertz CT molecular complexity index is 799. The number of rotatable bonds is 15. The highest BCUT2D eigenvalue weighted by atomic mass is 16.6. The van der Waals surface area contributed by atoms with Gasteiger partial charge in [0.25, 0.3) is 0 Å². The quantitative estimate of drug-likeness (QED) is 0.215. The molecule has 3 heterocycles. The van der Waals surface area contributed by atoms with Gasteiger partial charge in [0.2, 0.25) is 11.8 Å². The third-order valence-corrected chi connectivity index (χ3v) is 7.64. The number of likely N-dealkylation sites (tertiary alicyclic amines) is 1. The van der Waals surface area contributed by atoms with E-state index in [0.717, 1.165) is 25.7 Å². The number of hydrogen-bond acceptors (Lipinski definition) is 6. The van der Waals surface area contributed by atoms with Gasteiger partial charge in [-0.25, -0.2) is 0 Å². The molecule has 0 aromatic rings. The van der Waals surface area contributed by atoms with Gasteiger partial charge in [0.1, 0.15) is 11.6 Å². The summed E-state index contributed by atoms with van der Waals surface area (Å²) in [4.78, 5) is 44.3. The van der Waals surface area contributed by atoms with E-state index in [-0.39, 0.29) is 24.5 Å². The van der Waals surface area contributed by atoms with Crippen LogP contribution < -0.4 is 0 Å². The number of unbranched alkanes of at least 4 members (excludes halogenated alkanes) is 4. The largest absolute Gasteiger partial charge is 0.465 e. The topological polar surface area (TPSA) is 96.4 Å². The summed E-state index contributed by atoms with van der Waals surface area (Å²) >= 11 is 0. The fraction of sp³-hybridized carbons (Fsp3) is 0.741. The number of esters is 1. The second-order valence-electron chi connectivity index (χ2n) is 10.2. The SMILES string of the molecule is C=CCCCCOC(=O)[C@@H]1[C@H]2C(=O)N(CCCCCO)C(C(=O)N(CC=C)C(C)C)C23CC[C@H]1O3. The first-order chi connectivity index (χ1) is 16.8. The van der Waals surface area contributed by atoms with Gasteiger partial charge in [-0.3, -0.25) is 14.4 Å². The predicted molar refractivity (Wildman–Crippen MR) is 132 cm³/mol. The van der Waals surface area contributed by atoms with Gasteiger partial charge in [-0.05, 0) is 65.2 Å². The van der Waals surface area contributed by atoms with Crippen LogP contribution in [0.5, 0.6) is 0 Å². The number of hydrogen-bond donors (Lipinski definition) is 1. The molecule has 3 aliphatic rings. The van der Waals surface area contributed by atoms with Gasteiger partial charge in [-0.2, -0.15) is 0 Å². The Balaban J connectivity index is 1.86. The number of fused-ring (bicyclic) bond motifs is 1. The van der Waals surface area contributed by atoms with Crippen molar-refractivity contribution >= 4 is 17.8 Å². The van der Waals surface area contributed by atoms with Crippen LogP contribution in [0.4, 0.5) is 0 Å². The van der Waals surface area contributed by atoms with Gasteiger partial charge in [0, 0.05) is 25.7 Å². The molecule has 3 rings (SSSR count). The molecule has 0 aliphatic carbocycles. The number of carbonyl (C=O) groups excluding carboxylic acids is 3. The molecule has 2 amide bonds. The molecule has 3 aliphatic heterocycles. The maximum Gasteiger partial charge on any atom is 0.312 e. The summed E-state index contributed by atoms with van der Waals surface area (Å²) in [6, 6.07) is -0.843. The third kappa shape index (κ3) is 5.33. The minimum atomic E-state index is -1.00. The van der Waals surface area contributed by atoms with Crippen molar-refractivity contribution in [2.75, 3.05) is 26.3 Å². The van der Waals surface area contributed by atoms with E-state index < -0.39 is 35.6 Å². The van der Waals surface area contributed by atoms with Crippen molar-refractivity contribution in [3.63, 3.8) is 0 Å². The first-order valence-electron chi connectivity index (χ1n) is 13.1. The van der Waals surface area contributed by atoms with Gasteiger partial charge < -0.3 is 24.4 Å². The van der Waals surface area contributed by atoms with E-state index in [1.54, 1.807) is 15.9 Å². The average molecular weight is 491 g/mol. The Hall–Kier alpha value is -2.19. The van der Waals surface area contributed by atoms with Crippen LogP contribution in [-0.4, -0.2) is 82.8 Å². The lowest BCUT2D eigenvalue weighted by atomic mass is 9.70. The Morgan fingerprint density at radius 2 is 2.00 bits per heavy atom. The van der Waals surface area contributed by atoms with Gasteiger partial charge in [0.05, 0.1) is 24.5 Å². The molecule has 8 nitrogen and oxygen atoms in total. The summed E-state index contributed by atoms with van der Waals surface area (Å²) in [5.74, 6) is -2.12. The van der Waals surface area contributed by atoms with Crippen molar-refractivity contribution in [3.8, 4) is 0 Å². The van der Waals surface area contributed by atoms with Gasteiger partial charge in [-0.15, -0.1) is 13.2 Å². The zero-order valence-electron chi connectivity index (χ0n) is 21.3. The lowest BCUT2D eigenvalue weighted by Gasteiger charge is -2.38. The van der Waals surface area contributed by atoms with Crippen LogP contribution >= 0.6 is 0 Å². The van der Waals surface area contributed by atoms with Crippen LogP contribution in [0, 0.1) is 11.8 Å². The van der Waals surface area contributed by atoms with Crippen molar-refractivity contribution in [1.29, 1.82) is 0 Å². The maximum atomic E-state index is 13.9. The van der Waals surface area contributed by atoms with Crippen molar-refractivity contribution in [3.05, 3.63) is 25.3 Å². The molecule has 8 heteroatoms. The number of carbonyl (C=O) groups is 3. The number of aliphatic hydroxyl groups is 1. The molecule has 0 aromatic carbocycles. The maximum absolute atomic E-state index is 13.9. The summed E-state index contributed by atoms with van der Waals surface area (Å²) in [5.41, 5.74) is -1.00. The summed E-state index contributed by atoms with van der Waals surface area (Å²) in [7, 11) is 0. The Morgan fingerprint density at radius 1 is 1.23 bits per heavy atom. The Kier molecular flexibility index (Phi) is 9.53. The molecular weight excluding hydrogens is 448 g/mol. The van der Waals surface area contributed by atoms with Crippen LogP contribution in [0.1, 0.15) is 65.2 Å². The smallest absolute Gasteiger partial charge is 0.312 e. The zero-order valence-corrected chi connectivity index (χ0v) is 21.3. The van der Waals surface area contributed by atoms with Crippen molar-refractivity contribution < 1.29 is 29.0 Å². The van der Waals surface area contributed by atoms with Crippen LogP contribution in [-0.2, 0) is 23.9 Å². The van der Waals surface area contributed by atoms with Gasteiger partial charge in [0.15, 0.2) is 0 Å². The highest BCUT2D eigenvalue weighted by Gasteiger charge is 2.75. The number of amides is 2.